The molecular formula is C25H35N7O7. The number of aliphatic carboxylic acids is 1. The van der Waals surface area contributed by atoms with Gasteiger partial charge in [0.05, 0.1) is 18.8 Å². The van der Waals surface area contributed by atoms with Crippen LogP contribution in [0.4, 0.5) is 0 Å². The smallest absolute Gasteiger partial charge is 0.326 e. The third kappa shape index (κ3) is 9.74. The van der Waals surface area contributed by atoms with Crippen LogP contribution < -0.4 is 27.4 Å². The number of aromatic hydroxyl groups is 1. The standard InChI is InChI=1S/C25H35N7O7/c1-3-13(2)21(25(38)39)32-24(37)18(8-14-4-6-16(33)7-5-14)31-23(36)19(10-20(27)34)30-22(35)17(26)9-15-11-28-12-29-15/h4-7,11-13,17-19,21,33H,3,8-10,26H2,1-2H3,(H2,27,34)(H,28,29)(H,30,35)(H,31,36)(H,32,37)(H,38,39). The number of carboxylic acids is 1. The van der Waals surface area contributed by atoms with Crippen molar-refractivity contribution in [3.8, 4) is 5.75 Å². The maximum atomic E-state index is 13.2. The van der Waals surface area contributed by atoms with Crippen molar-refractivity contribution in [2.24, 2.45) is 17.4 Å². The number of phenols is 1. The quantitative estimate of drug-likeness (QED) is 0.132. The molecule has 0 fully saturated rings. The summed E-state index contributed by atoms with van der Waals surface area (Å²) in [6.45, 7) is 3.44. The summed E-state index contributed by atoms with van der Waals surface area (Å²) in [7, 11) is 0. The fraction of sp³-hybridized carbons (Fsp3) is 0.440. The molecule has 0 radical (unpaired) electrons. The number of aromatic amines is 1. The highest BCUT2D eigenvalue weighted by Gasteiger charge is 2.32. The topological polar surface area (TPSA) is 243 Å². The van der Waals surface area contributed by atoms with Gasteiger partial charge in [-0.2, -0.15) is 0 Å². The molecule has 0 saturated carbocycles. The fourth-order valence-electron chi connectivity index (χ4n) is 3.70. The molecule has 39 heavy (non-hydrogen) atoms. The normalized spacial score (nSPS) is 14.7. The van der Waals surface area contributed by atoms with Crippen molar-refractivity contribution >= 4 is 29.6 Å². The molecule has 1 heterocycles. The number of rotatable bonds is 15. The number of benzene rings is 1. The average Bonchev–Trinajstić information content (AvgIpc) is 3.39. The number of nitrogens with two attached hydrogens (primary N) is 2. The number of H-pyrrole nitrogens is 1. The van der Waals surface area contributed by atoms with Crippen LogP contribution in [-0.4, -0.2) is 73.9 Å². The van der Waals surface area contributed by atoms with E-state index in [1.165, 1.54) is 36.8 Å². The van der Waals surface area contributed by atoms with E-state index in [4.69, 9.17) is 11.5 Å². The minimum atomic E-state index is -1.46. The fourth-order valence-corrected chi connectivity index (χ4v) is 3.70. The molecule has 212 valence electrons. The van der Waals surface area contributed by atoms with Crippen molar-refractivity contribution in [3.05, 3.63) is 48.0 Å². The van der Waals surface area contributed by atoms with Gasteiger partial charge in [-0.1, -0.05) is 32.4 Å². The molecule has 0 aliphatic carbocycles. The van der Waals surface area contributed by atoms with Gasteiger partial charge in [-0.25, -0.2) is 9.78 Å². The van der Waals surface area contributed by atoms with Crippen molar-refractivity contribution in [2.45, 2.75) is 63.7 Å². The van der Waals surface area contributed by atoms with E-state index in [1.807, 2.05) is 0 Å². The van der Waals surface area contributed by atoms with E-state index < -0.39 is 66.1 Å². The second kappa shape index (κ2) is 14.5. The van der Waals surface area contributed by atoms with E-state index in [0.717, 1.165) is 0 Å². The number of nitrogens with one attached hydrogen (secondary N) is 4. The molecule has 2 aromatic rings. The van der Waals surface area contributed by atoms with Crippen LogP contribution in [0.3, 0.4) is 0 Å². The number of hydrogen-bond acceptors (Lipinski definition) is 8. The number of carbonyl (C=O) groups excluding carboxylic acids is 4. The van der Waals surface area contributed by atoms with Crippen LogP contribution in [0.1, 0.15) is 37.9 Å². The molecule has 14 heteroatoms. The van der Waals surface area contributed by atoms with Crippen molar-refractivity contribution in [2.75, 3.05) is 0 Å². The maximum absolute atomic E-state index is 13.2. The first-order valence-corrected chi connectivity index (χ1v) is 12.3. The Hall–Kier alpha value is -4.46. The van der Waals surface area contributed by atoms with Gasteiger partial charge in [0, 0.05) is 24.7 Å². The third-order valence-electron chi connectivity index (χ3n) is 6.16. The SMILES string of the molecule is CCC(C)C(NC(=O)C(Cc1ccc(O)cc1)NC(=O)C(CC(N)=O)NC(=O)C(N)Cc1cnc[nH]1)C(=O)O. The summed E-state index contributed by atoms with van der Waals surface area (Å²) in [6, 6.07) is 0.789. The van der Waals surface area contributed by atoms with Crippen LogP contribution in [0, 0.1) is 5.92 Å². The summed E-state index contributed by atoms with van der Waals surface area (Å²) >= 11 is 0. The molecular weight excluding hydrogens is 510 g/mol. The molecule has 1 aromatic heterocycles. The Bertz CT molecular complexity index is 1140. The van der Waals surface area contributed by atoms with E-state index in [1.54, 1.807) is 13.8 Å². The molecule has 1 aromatic carbocycles. The number of carbonyl (C=O) groups is 5. The lowest BCUT2D eigenvalue weighted by Gasteiger charge is -2.26. The molecule has 10 N–H and O–H groups in total. The Labute approximate surface area is 224 Å². The summed E-state index contributed by atoms with van der Waals surface area (Å²) in [4.78, 5) is 69.1. The molecule has 0 spiro atoms. The molecule has 0 bridgehead atoms. The van der Waals surface area contributed by atoms with Crippen LogP contribution in [0.2, 0.25) is 0 Å². The second-order valence-corrected chi connectivity index (χ2v) is 9.26. The van der Waals surface area contributed by atoms with Crippen LogP contribution in [0.5, 0.6) is 5.75 Å². The van der Waals surface area contributed by atoms with Crippen molar-refractivity contribution < 1.29 is 34.2 Å². The van der Waals surface area contributed by atoms with Gasteiger partial charge < -0.3 is 42.6 Å². The largest absolute Gasteiger partial charge is 0.508 e. The predicted octanol–water partition coefficient (Wildman–Crippen LogP) is -1.31. The highest BCUT2D eigenvalue weighted by Crippen LogP contribution is 2.13. The predicted molar refractivity (Wildman–Crippen MR) is 139 cm³/mol. The van der Waals surface area contributed by atoms with Gasteiger partial charge in [-0.15, -0.1) is 0 Å². The van der Waals surface area contributed by atoms with Crippen LogP contribution in [0.25, 0.3) is 0 Å². The number of phenolic OH excluding ortho intramolecular Hbond substituents is 1. The lowest BCUT2D eigenvalue weighted by atomic mass is 9.98. The number of imidazole rings is 1. The summed E-state index contributed by atoms with van der Waals surface area (Å²) < 4.78 is 0. The Morgan fingerprint density at radius 2 is 1.59 bits per heavy atom. The first kappa shape index (κ1) is 30.8. The number of carboxylic acid groups (broad SMARTS) is 1. The zero-order chi connectivity index (χ0) is 29.1. The molecule has 0 aliphatic rings. The zero-order valence-corrected chi connectivity index (χ0v) is 21.7. The second-order valence-electron chi connectivity index (χ2n) is 9.26. The van der Waals surface area contributed by atoms with Gasteiger partial charge in [-0.3, -0.25) is 19.2 Å². The monoisotopic (exact) mass is 545 g/mol. The number of aromatic nitrogens is 2. The Balaban J connectivity index is 2.24. The number of hydrogen-bond donors (Lipinski definition) is 8. The highest BCUT2D eigenvalue weighted by atomic mass is 16.4. The minimum Gasteiger partial charge on any atom is -0.508 e. The summed E-state index contributed by atoms with van der Waals surface area (Å²) in [5.41, 5.74) is 12.3. The summed E-state index contributed by atoms with van der Waals surface area (Å²) in [5.74, 6) is -4.97. The molecule has 2 rings (SSSR count). The van der Waals surface area contributed by atoms with E-state index in [0.29, 0.717) is 17.7 Å². The van der Waals surface area contributed by atoms with Gasteiger partial charge in [0.1, 0.15) is 23.9 Å². The van der Waals surface area contributed by atoms with Crippen LogP contribution in [0.15, 0.2) is 36.8 Å². The lowest BCUT2D eigenvalue weighted by molar-refractivity contribution is -0.144. The molecule has 0 saturated heterocycles. The van der Waals surface area contributed by atoms with Crippen molar-refractivity contribution in [1.82, 2.24) is 25.9 Å². The highest BCUT2D eigenvalue weighted by molar-refractivity contribution is 5.96. The first-order valence-electron chi connectivity index (χ1n) is 12.3. The van der Waals surface area contributed by atoms with Gasteiger partial charge >= 0.3 is 5.97 Å². The van der Waals surface area contributed by atoms with E-state index in [9.17, 15) is 34.2 Å². The third-order valence-corrected chi connectivity index (χ3v) is 6.16. The van der Waals surface area contributed by atoms with Crippen LogP contribution in [-0.2, 0) is 36.8 Å². The Kier molecular flexibility index (Phi) is 11.4. The summed E-state index contributed by atoms with van der Waals surface area (Å²) in [5, 5.41) is 26.5. The Morgan fingerprint density at radius 1 is 0.974 bits per heavy atom. The van der Waals surface area contributed by atoms with Gasteiger partial charge in [0.15, 0.2) is 0 Å². The molecule has 5 unspecified atom stereocenters. The number of nitrogens with zero attached hydrogens (tertiary/aromatic N) is 1. The number of primary amides is 1. The first-order chi connectivity index (χ1) is 18.4. The van der Waals surface area contributed by atoms with E-state index >= 15 is 0 Å². The Morgan fingerprint density at radius 3 is 2.13 bits per heavy atom. The van der Waals surface area contributed by atoms with Crippen molar-refractivity contribution in [1.29, 1.82) is 0 Å². The minimum absolute atomic E-state index is 0.0119. The van der Waals surface area contributed by atoms with E-state index in [2.05, 4.69) is 25.9 Å². The average molecular weight is 546 g/mol. The molecule has 14 nitrogen and oxygen atoms in total. The van der Waals surface area contributed by atoms with Gasteiger partial charge in [-0.05, 0) is 23.6 Å². The molecule has 4 amide bonds. The van der Waals surface area contributed by atoms with E-state index in [-0.39, 0.29) is 18.6 Å². The maximum Gasteiger partial charge on any atom is 0.326 e. The van der Waals surface area contributed by atoms with Gasteiger partial charge in [0.25, 0.3) is 0 Å². The van der Waals surface area contributed by atoms with Crippen LogP contribution >= 0.6 is 0 Å². The lowest BCUT2D eigenvalue weighted by Crippen LogP contribution is -2.58. The zero-order valence-electron chi connectivity index (χ0n) is 21.7. The van der Waals surface area contributed by atoms with Crippen molar-refractivity contribution in [3.63, 3.8) is 0 Å². The molecule has 5 atom stereocenters. The number of amides is 4. The molecule has 0 aliphatic heterocycles. The van der Waals surface area contributed by atoms with Gasteiger partial charge in [0.2, 0.25) is 23.6 Å². The summed E-state index contributed by atoms with van der Waals surface area (Å²) in [6.07, 6.45) is 2.79.